The fraction of sp³-hybridized carbons (Fsp3) is 0.205. The number of methoxy groups -OCH3 is 1. The van der Waals surface area contributed by atoms with Crippen LogP contribution in [-0.4, -0.2) is 45.7 Å². The van der Waals surface area contributed by atoms with E-state index < -0.39 is 22.0 Å². The van der Waals surface area contributed by atoms with Gasteiger partial charge in [0, 0.05) is 18.3 Å². The van der Waals surface area contributed by atoms with Gasteiger partial charge in [-0.3, -0.25) is 14.8 Å². The Balaban J connectivity index is 1.50. The molecule has 5 rings (SSSR count). The lowest BCUT2D eigenvalue weighted by Crippen LogP contribution is -2.23. The lowest BCUT2D eigenvalue weighted by atomic mass is 9.87. The second-order valence-electron chi connectivity index (χ2n) is 12.5. The van der Waals surface area contributed by atoms with Gasteiger partial charge in [0.05, 0.1) is 17.7 Å². The molecule has 0 aliphatic rings. The first-order chi connectivity index (χ1) is 24.9. The van der Waals surface area contributed by atoms with Crippen LogP contribution >= 0.6 is 0 Å². The van der Waals surface area contributed by atoms with E-state index in [1.165, 1.54) is 37.6 Å². The van der Waals surface area contributed by atoms with Crippen molar-refractivity contribution in [2.45, 2.75) is 37.6 Å². The number of carbonyl (C=O) groups is 2. The van der Waals surface area contributed by atoms with Crippen molar-refractivity contribution in [3.8, 4) is 23.0 Å². The zero-order valence-corrected chi connectivity index (χ0v) is 30.0. The molecule has 270 valence electrons. The van der Waals surface area contributed by atoms with E-state index in [9.17, 15) is 18.0 Å². The maximum Gasteiger partial charge on any atom is 0.412 e. The van der Waals surface area contributed by atoms with E-state index in [0.717, 1.165) is 11.1 Å². The summed E-state index contributed by atoms with van der Waals surface area (Å²) in [6.07, 6.45) is 0.769. The van der Waals surface area contributed by atoms with E-state index >= 15 is 0 Å². The van der Waals surface area contributed by atoms with Gasteiger partial charge in [-0.25, -0.2) is 18.2 Å². The number of para-hydroxylation sites is 2. The van der Waals surface area contributed by atoms with Crippen LogP contribution in [0.5, 0.6) is 23.0 Å². The highest BCUT2D eigenvalue weighted by molar-refractivity contribution is 7.92. The van der Waals surface area contributed by atoms with Crippen LogP contribution in [-0.2, 0) is 26.7 Å². The van der Waals surface area contributed by atoms with Gasteiger partial charge in [-0.2, -0.15) is 0 Å². The van der Waals surface area contributed by atoms with Crippen molar-refractivity contribution in [3.63, 3.8) is 0 Å². The molecule has 0 spiro atoms. The smallest absolute Gasteiger partial charge is 0.412 e. The quantitative estimate of drug-likeness (QED) is 0.0986. The molecule has 0 bridgehead atoms. The van der Waals surface area contributed by atoms with E-state index in [-0.39, 0.29) is 58.6 Å². The Hall–Kier alpha value is -6.08. The molecule has 1 aromatic heterocycles. The number of aromatic nitrogens is 1. The summed E-state index contributed by atoms with van der Waals surface area (Å²) in [6.45, 7) is 5.92. The number of carbonyl (C=O) groups excluding carboxylic acids is 2. The number of rotatable bonds is 14. The van der Waals surface area contributed by atoms with Crippen LogP contribution in [0.2, 0.25) is 0 Å². The zero-order chi connectivity index (χ0) is 37.1. The molecule has 0 fully saturated rings. The number of sulfonamides is 1. The number of benzene rings is 4. The van der Waals surface area contributed by atoms with Crippen LogP contribution < -0.4 is 29.6 Å². The van der Waals surface area contributed by atoms with Crippen molar-refractivity contribution in [1.29, 1.82) is 0 Å². The Labute approximate surface area is 303 Å². The number of hydrogen-bond donors (Lipinski definition) is 3. The molecule has 2 amide bonds. The summed E-state index contributed by atoms with van der Waals surface area (Å²) >= 11 is 0. The number of nitrogens with one attached hydrogen (secondary N) is 3. The molecule has 0 unspecified atom stereocenters. The third-order valence-corrected chi connectivity index (χ3v) is 9.02. The Kier molecular flexibility index (Phi) is 12.0. The van der Waals surface area contributed by atoms with Crippen LogP contribution in [0, 0.1) is 0 Å². The van der Waals surface area contributed by atoms with Gasteiger partial charge >= 0.3 is 6.09 Å². The second-order valence-corrected chi connectivity index (χ2v) is 14.2. The molecule has 0 atom stereocenters. The Morgan fingerprint density at radius 2 is 1.48 bits per heavy atom. The summed E-state index contributed by atoms with van der Waals surface area (Å²) in [5.41, 5.74) is 1.62. The van der Waals surface area contributed by atoms with E-state index in [1.807, 2.05) is 51.1 Å². The van der Waals surface area contributed by atoms with Crippen molar-refractivity contribution >= 4 is 33.5 Å². The highest BCUT2D eigenvalue weighted by atomic mass is 32.2. The third kappa shape index (κ3) is 10.0. The highest BCUT2D eigenvalue weighted by Gasteiger charge is 2.25. The molecule has 1 heterocycles. The first-order valence-electron chi connectivity index (χ1n) is 16.3. The van der Waals surface area contributed by atoms with Gasteiger partial charge in [-0.1, -0.05) is 81.4 Å². The molecule has 0 saturated carbocycles. The fourth-order valence-electron chi connectivity index (χ4n) is 4.92. The molecule has 3 N–H and O–H groups in total. The van der Waals surface area contributed by atoms with Crippen LogP contribution in [0.25, 0.3) is 0 Å². The molecule has 5 aromatic rings. The summed E-state index contributed by atoms with van der Waals surface area (Å²) in [4.78, 5) is 30.0. The van der Waals surface area contributed by atoms with Gasteiger partial charge in [0.25, 0.3) is 15.9 Å². The fourth-order valence-corrected chi connectivity index (χ4v) is 5.97. The molecular weight excluding hydrogens is 685 g/mol. The van der Waals surface area contributed by atoms with Crippen molar-refractivity contribution in [2.24, 2.45) is 0 Å². The van der Waals surface area contributed by atoms with Gasteiger partial charge in [-0.15, -0.1) is 0 Å². The molecule has 13 heteroatoms. The number of pyridine rings is 1. The molecule has 0 aliphatic carbocycles. The normalized spacial score (nSPS) is 11.2. The second kappa shape index (κ2) is 16.8. The van der Waals surface area contributed by atoms with Crippen molar-refractivity contribution in [1.82, 2.24) is 10.3 Å². The van der Waals surface area contributed by atoms with E-state index in [0.29, 0.717) is 11.6 Å². The Bertz CT molecular complexity index is 2090. The van der Waals surface area contributed by atoms with Crippen molar-refractivity contribution in [2.75, 3.05) is 30.4 Å². The predicted octanol–water partition coefficient (Wildman–Crippen LogP) is 7.54. The summed E-state index contributed by atoms with van der Waals surface area (Å²) in [7, 11) is -2.75. The average molecular weight is 725 g/mol. The maximum atomic E-state index is 13.9. The van der Waals surface area contributed by atoms with Crippen LogP contribution in [0.3, 0.4) is 0 Å². The standard InChI is InChI=1S/C39H40N4O8S/c1-39(2,3)29-17-19-30(20-18-29)52(46,47)43-31-24-28(37(44)41-26-27-12-6-5-7-13-27)25-34(36(31)51-33-15-9-8-14-32(33)48-4)49-22-23-50-38(45)42-35-16-10-11-21-40-35/h5-21,24-25,43H,22-23,26H2,1-4H3,(H,41,44)(H,40,42,45). The minimum Gasteiger partial charge on any atom is -0.493 e. The minimum absolute atomic E-state index is 0.00235. The summed E-state index contributed by atoms with van der Waals surface area (Å²) in [5, 5.41) is 5.38. The topological polar surface area (TPSA) is 154 Å². The summed E-state index contributed by atoms with van der Waals surface area (Å²) in [6, 6.07) is 30.5. The maximum absolute atomic E-state index is 13.9. The van der Waals surface area contributed by atoms with Gasteiger partial charge < -0.3 is 24.3 Å². The lowest BCUT2D eigenvalue weighted by molar-refractivity contribution is 0.0950. The van der Waals surface area contributed by atoms with E-state index in [4.69, 9.17) is 18.9 Å². The lowest BCUT2D eigenvalue weighted by Gasteiger charge is -2.21. The van der Waals surface area contributed by atoms with Crippen molar-refractivity contribution in [3.05, 3.63) is 132 Å². The highest BCUT2D eigenvalue weighted by Crippen LogP contribution is 2.43. The molecule has 4 aromatic carbocycles. The molecular formula is C39H40N4O8S. The number of hydrogen-bond acceptors (Lipinski definition) is 9. The monoisotopic (exact) mass is 724 g/mol. The SMILES string of the molecule is COc1ccccc1Oc1c(NS(=O)(=O)c2ccc(C(C)(C)C)cc2)cc(C(=O)NCc2ccccc2)cc1OCCOC(=O)Nc1ccccn1. The first-order valence-corrected chi connectivity index (χ1v) is 17.8. The Morgan fingerprint density at radius 1 is 0.788 bits per heavy atom. The third-order valence-electron chi connectivity index (χ3n) is 7.64. The number of ether oxygens (including phenoxy) is 4. The first kappa shape index (κ1) is 37.2. The summed E-state index contributed by atoms with van der Waals surface area (Å²) in [5.74, 6) is 0.347. The van der Waals surface area contributed by atoms with Crippen LogP contribution in [0.4, 0.5) is 16.3 Å². The van der Waals surface area contributed by atoms with Crippen LogP contribution in [0.15, 0.2) is 120 Å². The van der Waals surface area contributed by atoms with E-state index in [2.05, 4.69) is 20.3 Å². The van der Waals surface area contributed by atoms with Gasteiger partial charge in [0.1, 0.15) is 19.0 Å². The molecule has 12 nitrogen and oxygen atoms in total. The van der Waals surface area contributed by atoms with Gasteiger partial charge in [0.15, 0.2) is 23.0 Å². The molecule has 0 aliphatic heterocycles. The predicted molar refractivity (Wildman–Crippen MR) is 198 cm³/mol. The summed E-state index contributed by atoms with van der Waals surface area (Å²) < 4.78 is 53.4. The van der Waals surface area contributed by atoms with Crippen LogP contribution in [0.1, 0.15) is 42.3 Å². The molecule has 52 heavy (non-hydrogen) atoms. The Morgan fingerprint density at radius 3 is 2.15 bits per heavy atom. The van der Waals surface area contributed by atoms with Crippen molar-refractivity contribution < 1.29 is 37.0 Å². The van der Waals surface area contributed by atoms with Gasteiger partial charge in [-0.05, 0) is 65.1 Å². The van der Waals surface area contributed by atoms with E-state index in [1.54, 1.807) is 54.6 Å². The number of nitrogens with zero attached hydrogens (tertiary/aromatic N) is 1. The average Bonchev–Trinajstić information content (AvgIpc) is 3.14. The number of anilines is 2. The molecule has 0 radical (unpaired) electrons. The van der Waals surface area contributed by atoms with Gasteiger partial charge in [0.2, 0.25) is 0 Å². The minimum atomic E-state index is -4.22. The molecule has 0 saturated heterocycles. The zero-order valence-electron chi connectivity index (χ0n) is 29.2. The largest absolute Gasteiger partial charge is 0.493 e. The number of amides is 2.